The van der Waals surface area contributed by atoms with Crippen LogP contribution in [-0.4, -0.2) is 59.0 Å². The van der Waals surface area contributed by atoms with Crippen molar-refractivity contribution in [1.29, 1.82) is 0 Å². The van der Waals surface area contributed by atoms with Crippen LogP contribution in [0.2, 0.25) is 0 Å². The number of hydrogen-bond donors (Lipinski definition) is 3. The van der Waals surface area contributed by atoms with E-state index >= 15 is 0 Å². The quantitative estimate of drug-likeness (QED) is 0.0807. The maximum atomic E-state index is 12.7. The van der Waals surface area contributed by atoms with Crippen LogP contribution >= 0.6 is 33.3 Å². The molecule has 1 aromatic heterocycles. The summed E-state index contributed by atoms with van der Waals surface area (Å²) in [5.41, 5.74) is -0.806. The van der Waals surface area contributed by atoms with E-state index in [-0.39, 0.29) is 30.0 Å². The molecule has 3 amide bonds. The first kappa shape index (κ1) is 28.7. The van der Waals surface area contributed by atoms with E-state index in [4.69, 9.17) is 9.15 Å². The van der Waals surface area contributed by atoms with Gasteiger partial charge in [0.05, 0.1) is 17.5 Å². The molecule has 9 nitrogen and oxygen atoms in total. The molecule has 0 aliphatic carbocycles. The molecule has 38 heavy (non-hydrogen) atoms. The van der Waals surface area contributed by atoms with Crippen LogP contribution in [0, 0.1) is 5.41 Å². The Hall–Kier alpha value is -2.31. The maximum Gasteiger partial charge on any atom is 0.336 e. The molecule has 2 aliphatic heterocycles. The fraction of sp³-hybridized carbons (Fsp3) is 0.538. The summed E-state index contributed by atoms with van der Waals surface area (Å²) in [5, 5.41) is 10.1. The molecule has 206 valence electrons. The Balaban J connectivity index is 1.06. The van der Waals surface area contributed by atoms with E-state index < -0.39 is 11.0 Å². The van der Waals surface area contributed by atoms with E-state index in [1.807, 2.05) is 25.6 Å². The molecule has 1 aromatic carbocycles. The minimum Gasteiger partial charge on any atom is -0.426 e. The van der Waals surface area contributed by atoms with Crippen LogP contribution in [0.25, 0.3) is 11.0 Å². The Morgan fingerprint density at radius 3 is 2.82 bits per heavy atom. The van der Waals surface area contributed by atoms with Crippen molar-refractivity contribution in [3.05, 3.63) is 40.8 Å². The number of carbonyl (C=O) groups excluding carboxylic acids is 3. The lowest BCUT2D eigenvalue weighted by Gasteiger charge is -2.21. The first-order valence-corrected chi connectivity index (χ1v) is 16.2. The molecule has 2 fully saturated rings. The van der Waals surface area contributed by atoms with Gasteiger partial charge < -0.3 is 25.1 Å². The fourth-order valence-electron chi connectivity index (χ4n) is 4.25. The highest BCUT2D eigenvalue weighted by atomic mass is 33.1. The molecule has 0 bridgehead atoms. The van der Waals surface area contributed by atoms with E-state index in [0.717, 1.165) is 36.2 Å². The SMILES string of the molecule is CC(C)(CSSCCNC(=O)CCCCC1SC[C@@H]2NC(=O)N[C@H]12)C(=O)Oc1ccc2ccc(=O)oc2c1. The fourth-order valence-corrected chi connectivity index (χ4v) is 8.33. The molecule has 3 heterocycles. The van der Waals surface area contributed by atoms with Crippen molar-refractivity contribution in [3.8, 4) is 5.75 Å². The van der Waals surface area contributed by atoms with E-state index in [1.165, 1.54) is 6.07 Å². The van der Waals surface area contributed by atoms with Crippen molar-refractivity contribution >= 4 is 62.2 Å². The number of unbranched alkanes of at least 4 members (excludes halogenated alkanes) is 1. The molecule has 12 heteroatoms. The molecule has 2 saturated heterocycles. The molecule has 4 rings (SSSR count). The van der Waals surface area contributed by atoms with Crippen LogP contribution < -0.4 is 26.3 Å². The van der Waals surface area contributed by atoms with Crippen molar-refractivity contribution in [2.24, 2.45) is 5.41 Å². The van der Waals surface area contributed by atoms with Gasteiger partial charge in [-0.2, -0.15) is 11.8 Å². The molecule has 0 saturated carbocycles. The van der Waals surface area contributed by atoms with Crippen LogP contribution in [0.3, 0.4) is 0 Å². The molecule has 2 aliphatic rings. The minimum absolute atomic E-state index is 0.0542. The third-order valence-electron chi connectivity index (χ3n) is 6.45. The number of carbonyl (C=O) groups is 3. The number of ether oxygens (including phenoxy) is 1. The van der Waals surface area contributed by atoms with Gasteiger partial charge in [0.25, 0.3) is 0 Å². The lowest BCUT2D eigenvalue weighted by Crippen LogP contribution is -2.36. The Morgan fingerprint density at radius 2 is 1.97 bits per heavy atom. The summed E-state index contributed by atoms with van der Waals surface area (Å²) in [6.07, 6.45) is 3.31. The van der Waals surface area contributed by atoms with Gasteiger partial charge in [0.2, 0.25) is 5.91 Å². The third kappa shape index (κ3) is 7.86. The average Bonchev–Trinajstić information content (AvgIpc) is 3.42. The second-order valence-electron chi connectivity index (χ2n) is 10.0. The molecule has 1 unspecified atom stereocenters. The number of rotatable bonds is 13. The van der Waals surface area contributed by atoms with Crippen LogP contribution in [0.4, 0.5) is 4.79 Å². The van der Waals surface area contributed by atoms with E-state index in [2.05, 4.69) is 16.0 Å². The van der Waals surface area contributed by atoms with Crippen molar-refractivity contribution in [2.45, 2.75) is 56.9 Å². The summed E-state index contributed by atoms with van der Waals surface area (Å²) >= 11 is 1.90. The number of urea groups is 1. The van der Waals surface area contributed by atoms with Crippen molar-refractivity contribution in [3.63, 3.8) is 0 Å². The topological polar surface area (TPSA) is 127 Å². The molecule has 2 aromatic rings. The number of benzene rings is 1. The number of fused-ring (bicyclic) bond motifs is 2. The summed E-state index contributed by atoms with van der Waals surface area (Å²) in [4.78, 5) is 47.7. The second kappa shape index (κ2) is 13.2. The molecule has 0 spiro atoms. The molecular weight excluding hydrogens is 547 g/mol. The van der Waals surface area contributed by atoms with Crippen molar-refractivity contribution < 1.29 is 23.5 Å². The van der Waals surface area contributed by atoms with Crippen LogP contribution in [-0.2, 0) is 9.59 Å². The van der Waals surface area contributed by atoms with Gasteiger partial charge in [-0.25, -0.2) is 9.59 Å². The Labute approximate surface area is 233 Å². The molecule has 3 atom stereocenters. The summed E-state index contributed by atoms with van der Waals surface area (Å²) in [6, 6.07) is 8.36. The zero-order chi connectivity index (χ0) is 27.1. The Bertz CT molecular complexity index is 1220. The second-order valence-corrected chi connectivity index (χ2v) is 13.9. The van der Waals surface area contributed by atoms with Gasteiger partial charge >= 0.3 is 17.6 Å². The molecule has 3 N–H and O–H groups in total. The summed E-state index contributed by atoms with van der Waals surface area (Å²) in [7, 11) is 3.17. The Kier molecular flexibility index (Phi) is 9.94. The summed E-state index contributed by atoms with van der Waals surface area (Å²) in [6.45, 7) is 4.23. The van der Waals surface area contributed by atoms with E-state index in [1.54, 1.807) is 45.9 Å². The zero-order valence-corrected chi connectivity index (χ0v) is 23.9. The van der Waals surface area contributed by atoms with Crippen molar-refractivity contribution in [2.75, 3.05) is 23.8 Å². The smallest absolute Gasteiger partial charge is 0.336 e. The number of thioether (sulfide) groups is 1. The summed E-state index contributed by atoms with van der Waals surface area (Å²) in [5.74, 6) is 2.25. The highest BCUT2D eigenvalue weighted by molar-refractivity contribution is 8.76. The lowest BCUT2D eigenvalue weighted by atomic mass is 9.97. The van der Waals surface area contributed by atoms with Gasteiger partial charge in [0.15, 0.2) is 0 Å². The van der Waals surface area contributed by atoms with Gasteiger partial charge in [0, 0.05) is 53.0 Å². The number of nitrogens with one attached hydrogen (secondary N) is 3. The number of amides is 3. The largest absolute Gasteiger partial charge is 0.426 e. The first-order valence-electron chi connectivity index (χ1n) is 12.7. The number of hydrogen-bond acceptors (Lipinski definition) is 9. The van der Waals surface area contributed by atoms with Crippen LogP contribution in [0.5, 0.6) is 5.75 Å². The highest BCUT2D eigenvalue weighted by Gasteiger charge is 2.42. The van der Waals surface area contributed by atoms with Gasteiger partial charge in [-0.15, -0.1) is 0 Å². The maximum absolute atomic E-state index is 12.7. The molecule has 0 radical (unpaired) electrons. The van der Waals surface area contributed by atoms with Gasteiger partial charge in [-0.05, 0) is 44.9 Å². The van der Waals surface area contributed by atoms with Gasteiger partial charge in [0.1, 0.15) is 11.3 Å². The predicted octanol–water partition coefficient (Wildman–Crippen LogP) is 3.95. The zero-order valence-electron chi connectivity index (χ0n) is 21.4. The molecular formula is C26H33N3O6S3. The van der Waals surface area contributed by atoms with Crippen LogP contribution in [0.15, 0.2) is 39.5 Å². The highest BCUT2D eigenvalue weighted by Crippen LogP contribution is 2.33. The standard InChI is InChI=1S/C26H33N3O6S3/c1-26(2,24(32)34-17-9-7-16-8-10-22(31)35-19(16)13-17)15-38-37-12-11-27-21(30)6-4-3-5-20-23-18(14-36-20)28-25(33)29-23/h7-10,13,18,20,23H,3-6,11-12,14-15H2,1-2H3,(H,27,30)(H2,28,29,33)/t18-,20?,23-/m0/s1. The van der Waals surface area contributed by atoms with E-state index in [0.29, 0.717) is 35.3 Å². The predicted molar refractivity (Wildman–Crippen MR) is 154 cm³/mol. The number of esters is 1. The first-order chi connectivity index (χ1) is 18.2. The van der Waals surface area contributed by atoms with Gasteiger partial charge in [-0.1, -0.05) is 28.0 Å². The monoisotopic (exact) mass is 579 g/mol. The Morgan fingerprint density at radius 1 is 1.16 bits per heavy atom. The van der Waals surface area contributed by atoms with Crippen LogP contribution in [0.1, 0.15) is 39.5 Å². The van der Waals surface area contributed by atoms with Crippen molar-refractivity contribution in [1.82, 2.24) is 16.0 Å². The van der Waals surface area contributed by atoms with Gasteiger partial charge in [-0.3, -0.25) is 9.59 Å². The van der Waals surface area contributed by atoms with E-state index in [9.17, 15) is 19.2 Å². The lowest BCUT2D eigenvalue weighted by molar-refractivity contribution is -0.142. The summed E-state index contributed by atoms with van der Waals surface area (Å²) < 4.78 is 10.7. The average molecular weight is 580 g/mol. The third-order valence-corrected chi connectivity index (χ3v) is 10.7. The minimum atomic E-state index is -0.720. The normalized spacial score (nSPS) is 20.6.